The molecule has 1 aromatic carbocycles. The number of halogens is 1. The smallest absolute Gasteiger partial charge is 0.252 e. The van der Waals surface area contributed by atoms with Crippen LogP contribution in [0.25, 0.3) is 0 Å². The summed E-state index contributed by atoms with van der Waals surface area (Å²) in [5.41, 5.74) is 6.83. The summed E-state index contributed by atoms with van der Waals surface area (Å²) in [4.78, 5) is 13.5. The van der Waals surface area contributed by atoms with Crippen LogP contribution in [0.5, 0.6) is 0 Å². The van der Waals surface area contributed by atoms with E-state index in [1.54, 1.807) is 29.5 Å². The number of benzene rings is 1. The number of carbonyl (C=O) groups excluding carboxylic acids is 1. The molecule has 0 fully saturated rings. The topological polar surface area (TPSA) is 55.1 Å². The number of nitrogens with one attached hydrogen (secondary N) is 1. The van der Waals surface area contributed by atoms with E-state index in [0.29, 0.717) is 22.3 Å². The Hall–Kier alpha value is -1.33. The Morgan fingerprint density at radius 3 is 2.75 bits per heavy atom. The molecule has 106 valence electrons. The van der Waals surface area contributed by atoms with Crippen molar-refractivity contribution in [3.8, 4) is 0 Å². The summed E-state index contributed by atoms with van der Waals surface area (Å²) >= 11 is 5.06. The number of amides is 1. The Kier molecular flexibility index (Phi) is 4.50. The SMILES string of the molecule is CC(C)(CNC(=O)c1cccc(N)c1Br)c1cccs1. The maximum atomic E-state index is 12.2. The molecule has 0 radical (unpaired) electrons. The first kappa shape index (κ1) is 15.1. The molecule has 1 heterocycles. The van der Waals surface area contributed by atoms with Crippen LogP contribution < -0.4 is 11.1 Å². The largest absolute Gasteiger partial charge is 0.398 e. The maximum absolute atomic E-state index is 12.2. The Morgan fingerprint density at radius 1 is 1.35 bits per heavy atom. The molecule has 0 aliphatic heterocycles. The van der Waals surface area contributed by atoms with Crippen molar-refractivity contribution in [3.05, 3.63) is 50.6 Å². The Balaban J connectivity index is 2.08. The molecule has 1 aromatic heterocycles. The van der Waals surface area contributed by atoms with E-state index in [1.807, 2.05) is 11.4 Å². The van der Waals surface area contributed by atoms with Crippen molar-refractivity contribution in [2.45, 2.75) is 19.3 Å². The number of nitrogens with two attached hydrogens (primary N) is 1. The molecular formula is C15H17BrN2OS. The van der Waals surface area contributed by atoms with Crippen LogP contribution in [0, 0.1) is 0 Å². The molecule has 2 rings (SSSR count). The van der Waals surface area contributed by atoms with Gasteiger partial charge in [-0.3, -0.25) is 4.79 Å². The lowest BCUT2D eigenvalue weighted by atomic mass is 9.91. The molecule has 3 nitrogen and oxygen atoms in total. The third-order valence-corrected chi connectivity index (χ3v) is 5.27. The van der Waals surface area contributed by atoms with Gasteiger partial charge in [-0.25, -0.2) is 0 Å². The van der Waals surface area contributed by atoms with Crippen LogP contribution in [0.3, 0.4) is 0 Å². The minimum absolute atomic E-state index is 0.0867. The van der Waals surface area contributed by atoms with E-state index in [-0.39, 0.29) is 11.3 Å². The number of hydrogen-bond acceptors (Lipinski definition) is 3. The highest BCUT2D eigenvalue weighted by molar-refractivity contribution is 9.10. The van der Waals surface area contributed by atoms with Gasteiger partial charge in [-0.15, -0.1) is 11.3 Å². The van der Waals surface area contributed by atoms with Crippen molar-refractivity contribution in [1.82, 2.24) is 5.32 Å². The van der Waals surface area contributed by atoms with Crippen LogP contribution >= 0.6 is 27.3 Å². The van der Waals surface area contributed by atoms with Gasteiger partial charge < -0.3 is 11.1 Å². The van der Waals surface area contributed by atoms with Crippen molar-refractivity contribution >= 4 is 38.9 Å². The Labute approximate surface area is 131 Å². The fourth-order valence-electron chi connectivity index (χ4n) is 1.87. The minimum atomic E-state index is -0.117. The lowest BCUT2D eigenvalue weighted by Crippen LogP contribution is -2.36. The quantitative estimate of drug-likeness (QED) is 0.822. The summed E-state index contributed by atoms with van der Waals surface area (Å²) in [6.07, 6.45) is 0. The molecule has 2 aromatic rings. The highest BCUT2D eigenvalue weighted by atomic mass is 79.9. The van der Waals surface area contributed by atoms with Gasteiger partial charge in [-0.05, 0) is 39.5 Å². The molecule has 0 bridgehead atoms. The van der Waals surface area contributed by atoms with E-state index in [2.05, 4.69) is 41.2 Å². The first-order valence-corrected chi connectivity index (χ1v) is 7.95. The van der Waals surface area contributed by atoms with E-state index in [1.165, 1.54) is 4.88 Å². The Morgan fingerprint density at radius 2 is 2.10 bits per heavy atom. The van der Waals surface area contributed by atoms with Gasteiger partial charge in [0, 0.05) is 22.5 Å². The molecule has 0 aliphatic rings. The zero-order chi connectivity index (χ0) is 14.8. The second kappa shape index (κ2) is 5.97. The fourth-order valence-corrected chi connectivity index (χ4v) is 3.17. The van der Waals surface area contributed by atoms with E-state index >= 15 is 0 Å². The van der Waals surface area contributed by atoms with Gasteiger partial charge in [0.1, 0.15) is 0 Å². The van der Waals surface area contributed by atoms with Crippen LogP contribution in [0.1, 0.15) is 29.1 Å². The van der Waals surface area contributed by atoms with Gasteiger partial charge in [0.25, 0.3) is 5.91 Å². The molecule has 0 unspecified atom stereocenters. The standard InChI is InChI=1S/C15H17BrN2OS/c1-15(2,12-7-4-8-20-12)9-18-14(19)10-5-3-6-11(17)13(10)16/h3-8H,9,17H2,1-2H3,(H,18,19). The molecule has 5 heteroatoms. The highest BCUT2D eigenvalue weighted by Gasteiger charge is 2.23. The number of thiophene rings is 1. The van der Waals surface area contributed by atoms with E-state index in [4.69, 9.17) is 5.73 Å². The molecule has 20 heavy (non-hydrogen) atoms. The summed E-state index contributed by atoms with van der Waals surface area (Å²) < 4.78 is 0.645. The fraction of sp³-hybridized carbons (Fsp3) is 0.267. The van der Waals surface area contributed by atoms with Gasteiger partial charge in [0.15, 0.2) is 0 Å². The van der Waals surface area contributed by atoms with Crippen molar-refractivity contribution in [2.24, 2.45) is 0 Å². The molecule has 0 spiro atoms. The first-order chi connectivity index (χ1) is 9.42. The molecule has 0 atom stereocenters. The summed E-state index contributed by atoms with van der Waals surface area (Å²) in [5.74, 6) is -0.117. The van der Waals surface area contributed by atoms with Crippen molar-refractivity contribution in [2.75, 3.05) is 12.3 Å². The maximum Gasteiger partial charge on any atom is 0.252 e. The van der Waals surface area contributed by atoms with E-state index in [9.17, 15) is 4.79 Å². The molecule has 0 saturated carbocycles. The van der Waals surface area contributed by atoms with Gasteiger partial charge >= 0.3 is 0 Å². The molecule has 1 amide bonds. The van der Waals surface area contributed by atoms with Crippen LogP contribution in [-0.2, 0) is 5.41 Å². The zero-order valence-electron chi connectivity index (χ0n) is 11.4. The number of rotatable bonds is 4. The summed E-state index contributed by atoms with van der Waals surface area (Å²) in [5, 5.41) is 5.03. The van der Waals surface area contributed by atoms with Crippen LogP contribution in [-0.4, -0.2) is 12.5 Å². The monoisotopic (exact) mass is 352 g/mol. The normalized spacial score (nSPS) is 11.3. The van der Waals surface area contributed by atoms with Crippen molar-refractivity contribution in [3.63, 3.8) is 0 Å². The van der Waals surface area contributed by atoms with Crippen LogP contribution in [0.2, 0.25) is 0 Å². The number of carbonyl (C=O) groups is 1. The minimum Gasteiger partial charge on any atom is -0.398 e. The summed E-state index contributed by atoms with van der Waals surface area (Å²) in [7, 11) is 0. The predicted octanol–water partition coefficient (Wildman–Crippen LogP) is 3.80. The third-order valence-electron chi connectivity index (χ3n) is 3.15. The van der Waals surface area contributed by atoms with Gasteiger partial charge in [-0.2, -0.15) is 0 Å². The number of nitrogen functional groups attached to an aromatic ring is 1. The Bertz CT molecular complexity index is 608. The zero-order valence-corrected chi connectivity index (χ0v) is 13.8. The number of anilines is 1. The van der Waals surface area contributed by atoms with E-state index in [0.717, 1.165) is 0 Å². The van der Waals surface area contributed by atoms with Gasteiger partial charge in [0.2, 0.25) is 0 Å². The molecule has 0 saturated heterocycles. The lowest BCUT2D eigenvalue weighted by molar-refractivity contribution is 0.0945. The second-order valence-electron chi connectivity index (χ2n) is 5.25. The summed E-state index contributed by atoms with van der Waals surface area (Å²) in [6.45, 7) is 4.81. The molecule has 0 aliphatic carbocycles. The van der Waals surface area contributed by atoms with Crippen LogP contribution in [0.15, 0.2) is 40.2 Å². The third kappa shape index (κ3) is 3.22. The van der Waals surface area contributed by atoms with Crippen molar-refractivity contribution < 1.29 is 4.79 Å². The van der Waals surface area contributed by atoms with Crippen LogP contribution in [0.4, 0.5) is 5.69 Å². The average Bonchev–Trinajstić information content (AvgIpc) is 2.94. The molecule has 3 N–H and O–H groups in total. The predicted molar refractivity (Wildman–Crippen MR) is 88.2 cm³/mol. The molecular weight excluding hydrogens is 336 g/mol. The summed E-state index contributed by atoms with van der Waals surface area (Å²) in [6, 6.07) is 9.41. The second-order valence-corrected chi connectivity index (χ2v) is 6.99. The lowest BCUT2D eigenvalue weighted by Gasteiger charge is -2.23. The van der Waals surface area contributed by atoms with Crippen molar-refractivity contribution in [1.29, 1.82) is 0 Å². The first-order valence-electron chi connectivity index (χ1n) is 6.28. The number of hydrogen-bond donors (Lipinski definition) is 2. The van der Waals surface area contributed by atoms with E-state index < -0.39 is 0 Å². The van der Waals surface area contributed by atoms with Gasteiger partial charge in [-0.1, -0.05) is 26.0 Å². The highest BCUT2D eigenvalue weighted by Crippen LogP contribution is 2.27. The van der Waals surface area contributed by atoms with Gasteiger partial charge in [0.05, 0.1) is 10.0 Å². The average molecular weight is 353 g/mol.